The topological polar surface area (TPSA) is 247 Å². The molecule has 0 aliphatic rings. The quantitative estimate of drug-likeness (QED) is 0.0195. The van der Waals surface area contributed by atoms with Gasteiger partial charge in [0, 0.05) is 12.1 Å². The minimum absolute atomic E-state index is 0.117. The molecule has 0 spiro atoms. The SMILES string of the molecule is CCCCCCCCCCCCCCCCCCOc1ccc(C(=O)Oc2ccc(C(=O)Oc3cccc(OC(=O)c4ccc(OC(=O)c5ccc(OCCCCCOc6ccc(C(=O)Oc7ccc(C(=O)Oc8cccc(OC(=O)c9ccc(OC(=O)c%10ccc(OCCCCCCCCCCCCCCCCCC)cc%10)cc9)c8)cc7)cc6)cc5)cc4)c3)cc2)cc1. The largest absolute Gasteiger partial charge is 0.494 e. The van der Waals surface area contributed by atoms with Gasteiger partial charge >= 0.3 is 47.8 Å². The standard InChI is InChI=1S/C109H124O20/c1-3-5-7-9-11-13-15-17-19-21-23-25-27-29-31-34-76-118-90-60-44-82(45-61-90)102(110)122-94-68-52-86(53-69-94)106(114)126-98-40-38-42-100(80-98)128-108(116)88-56-72-96(73-57-88)124-104(112)84-48-64-92(65-49-84)120-78-36-33-37-79-121-93-66-50-85(51-67-93)105(113)125-97-74-58-89(59-75-97)109(117)129-101-43-39-41-99(81-101)127-107(115)87-54-70-95(71-55-87)123-103(111)83-46-62-91(63-47-83)119-77-35-32-30-28-26-24-22-20-18-16-14-12-10-8-6-4-2/h38-75,80-81H,3-37,76-79H2,1-2H3. The molecule has 0 heterocycles. The number of carbonyl (C=O) groups excluding carboxylic acids is 8. The van der Waals surface area contributed by atoms with Crippen molar-refractivity contribution < 1.29 is 95.2 Å². The van der Waals surface area contributed by atoms with Gasteiger partial charge in [-0.3, -0.25) is 0 Å². The minimum atomic E-state index is -0.703. The normalized spacial score (nSPS) is 10.9. The van der Waals surface area contributed by atoms with Gasteiger partial charge in [0.2, 0.25) is 0 Å². The second kappa shape index (κ2) is 57.1. The highest BCUT2D eigenvalue weighted by Gasteiger charge is 2.20. The van der Waals surface area contributed by atoms with E-state index in [-0.39, 0.29) is 79.4 Å². The van der Waals surface area contributed by atoms with E-state index in [9.17, 15) is 38.4 Å². The van der Waals surface area contributed by atoms with Gasteiger partial charge in [-0.15, -0.1) is 0 Å². The Labute approximate surface area is 759 Å². The fraction of sp³-hybridized carbons (Fsp3) is 0.376. The Balaban J connectivity index is 0.532. The van der Waals surface area contributed by atoms with Crippen molar-refractivity contribution in [2.75, 3.05) is 26.4 Å². The smallest absolute Gasteiger partial charge is 0.343 e. The van der Waals surface area contributed by atoms with Crippen LogP contribution in [0.4, 0.5) is 0 Å². The third kappa shape index (κ3) is 37.2. The molecule has 0 amide bonds. The number of unbranched alkanes of at least 4 members (excludes halogenated alkanes) is 32. The van der Waals surface area contributed by atoms with Crippen LogP contribution < -0.4 is 56.8 Å². The average Bonchev–Trinajstić information content (AvgIpc) is 0.848. The van der Waals surface area contributed by atoms with Gasteiger partial charge < -0.3 is 56.8 Å². The van der Waals surface area contributed by atoms with Crippen molar-refractivity contribution in [3.63, 3.8) is 0 Å². The van der Waals surface area contributed by atoms with Crippen LogP contribution in [0.1, 0.15) is 321 Å². The highest BCUT2D eigenvalue weighted by atomic mass is 16.6. The predicted molar refractivity (Wildman–Crippen MR) is 499 cm³/mol. The maximum atomic E-state index is 13.2. The number of hydrogen-bond acceptors (Lipinski definition) is 20. The lowest BCUT2D eigenvalue weighted by molar-refractivity contribution is 0.0711. The monoisotopic (exact) mass is 1750 g/mol. The first kappa shape index (κ1) is 98.3. The third-order valence-corrected chi connectivity index (χ3v) is 21.9. The molecule has 0 unspecified atom stereocenters. The van der Waals surface area contributed by atoms with Crippen LogP contribution in [0.5, 0.6) is 69.0 Å². The highest BCUT2D eigenvalue weighted by Crippen LogP contribution is 2.30. The Hall–Kier alpha value is -12.8. The van der Waals surface area contributed by atoms with Crippen molar-refractivity contribution in [2.45, 2.75) is 239 Å². The van der Waals surface area contributed by atoms with Crippen LogP contribution in [0.3, 0.4) is 0 Å². The molecule has 20 nitrogen and oxygen atoms in total. The van der Waals surface area contributed by atoms with Gasteiger partial charge in [-0.25, -0.2) is 38.4 Å². The number of hydrogen-bond donors (Lipinski definition) is 0. The predicted octanol–water partition coefficient (Wildman–Crippen LogP) is 27.3. The summed E-state index contributed by atoms with van der Waals surface area (Å²) in [6, 6.07) is 62.5. The summed E-state index contributed by atoms with van der Waals surface area (Å²) in [5.74, 6) is -1.25. The van der Waals surface area contributed by atoms with Crippen LogP contribution >= 0.6 is 0 Å². The molecular weight excluding hydrogens is 1630 g/mol. The second-order valence-corrected chi connectivity index (χ2v) is 32.3. The average molecular weight is 1750 g/mol. The number of benzene rings is 10. The summed E-state index contributed by atoms with van der Waals surface area (Å²) in [6.07, 6.45) is 44.3. The molecule has 0 aliphatic heterocycles. The molecule has 10 aromatic carbocycles. The molecule has 129 heavy (non-hydrogen) atoms. The highest BCUT2D eigenvalue weighted by molar-refractivity contribution is 5.96. The lowest BCUT2D eigenvalue weighted by atomic mass is 10.0. The van der Waals surface area contributed by atoms with E-state index in [4.69, 9.17) is 56.8 Å². The summed E-state index contributed by atoms with van der Waals surface area (Å²) in [7, 11) is 0. The summed E-state index contributed by atoms with van der Waals surface area (Å²) >= 11 is 0. The van der Waals surface area contributed by atoms with Crippen LogP contribution in [0.25, 0.3) is 0 Å². The minimum Gasteiger partial charge on any atom is -0.494 e. The van der Waals surface area contributed by atoms with Gasteiger partial charge in [0.25, 0.3) is 0 Å². The molecular formula is C109H124O20. The van der Waals surface area contributed by atoms with Gasteiger partial charge in [-0.1, -0.05) is 219 Å². The summed E-state index contributed by atoms with van der Waals surface area (Å²) in [5.41, 5.74) is 2.00. The zero-order valence-corrected chi connectivity index (χ0v) is 74.8. The van der Waals surface area contributed by atoms with E-state index in [0.29, 0.717) is 60.6 Å². The van der Waals surface area contributed by atoms with Crippen molar-refractivity contribution >= 4 is 47.8 Å². The van der Waals surface area contributed by atoms with Crippen LogP contribution in [-0.2, 0) is 0 Å². The van der Waals surface area contributed by atoms with Gasteiger partial charge in [0.05, 0.1) is 70.9 Å². The summed E-state index contributed by atoms with van der Waals surface area (Å²) in [4.78, 5) is 105. The van der Waals surface area contributed by atoms with Gasteiger partial charge in [-0.2, -0.15) is 0 Å². The number of rotatable bonds is 60. The van der Waals surface area contributed by atoms with Crippen LogP contribution in [0, 0.1) is 0 Å². The molecule has 10 aromatic rings. The molecule has 0 bridgehead atoms. The Bertz CT molecular complexity index is 4690. The van der Waals surface area contributed by atoms with E-state index in [1.165, 1.54) is 301 Å². The van der Waals surface area contributed by atoms with E-state index in [0.717, 1.165) is 44.9 Å². The van der Waals surface area contributed by atoms with Crippen molar-refractivity contribution in [3.8, 4) is 69.0 Å². The Morgan fingerprint density at radius 1 is 0.155 bits per heavy atom. The lowest BCUT2D eigenvalue weighted by Gasteiger charge is -2.10. The zero-order valence-electron chi connectivity index (χ0n) is 74.8. The zero-order chi connectivity index (χ0) is 90.5. The number of esters is 8. The molecule has 0 atom stereocenters. The number of carbonyl (C=O) groups is 8. The molecule has 0 N–H and O–H groups in total. The Kier molecular flexibility index (Phi) is 43.5. The van der Waals surface area contributed by atoms with Gasteiger partial charge in [-0.05, 0) is 250 Å². The van der Waals surface area contributed by atoms with Gasteiger partial charge in [0.1, 0.15) is 69.0 Å². The van der Waals surface area contributed by atoms with Crippen LogP contribution in [0.2, 0.25) is 0 Å². The van der Waals surface area contributed by atoms with Crippen molar-refractivity contribution in [1.82, 2.24) is 0 Å². The molecule has 680 valence electrons. The molecule has 20 heteroatoms. The van der Waals surface area contributed by atoms with E-state index in [2.05, 4.69) is 13.8 Å². The molecule has 0 radical (unpaired) electrons. The van der Waals surface area contributed by atoms with E-state index < -0.39 is 47.8 Å². The molecule has 0 aliphatic carbocycles. The summed E-state index contributed by atoms with van der Waals surface area (Å²) in [6.45, 7) is 6.63. The van der Waals surface area contributed by atoms with Crippen molar-refractivity contribution in [2.24, 2.45) is 0 Å². The van der Waals surface area contributed by atoms with Crippen LogP contribution in [0.15, 0.2) is 243 Å². The van der Waals surface area contributed by atoms with E-state index in [1.807, 2.05) is 0 Å². The van der Waals surface area contributed by atoms with E-state index >= 15 is 0 Å². The first-order chi connectivity index (χ1) is 63.2. The Morgan fingerprint density at radius 3 is 0.450 bits per heavy atom. The third-order valence-electron chi connectivity index (χ3n) is 21.9. The first-order valence-electron chi connectivity index (χ1n) is 46.5. The summed E-state index contributed by atoms with van der Waals surface area (Å²) < 4.78 is 68.3. The first-order valence-corrected chi connectivity index (χ1v) is 46.5. The molecule has 0 saturated heterocycles. The van der Waals surface area contributed by atoms with Crippen molar-refractivity contribution in [3.05, 3.63) is 287 Å². The van der Waals surface area contributed by atoms with E-state index in [1.54, 1.807) is 121 Å². The Morgan fingerprint density at radius 2 is 0.287 bits per heavy atom. The lowest BCUT2D eigenvalue weighted by Crippen LogP contribution is -2.11. The summed E-state index contributed by atoms with van der Waals surface area (Å²) in [5, 5.41) is 0. The van der Waals surface area contributed by atoms with Gasteiger partial charge in [0.15, 0.2) is 0 Å². The second-order valence-electron chi connectivity index (χ2n) is 32.3. The number of ether oxygens (including phenoxy) is 12. The molecule has 0 fully saturated rings. The maximum Gasteiger partial charge on any atom is 0.343 e. The molecule has 10 rings (SSSR count). The molecule has 0 saturated carbocycles. The fourth-order valence-electron chi connectivity index (χ4n) is 14.4. The van der Waals surface area contributed by atoms with Crippen molar-refractivity contribution in [1.29, 1.82) is 0 Å². The fourth-order valence-corrected chi connectivity index (χ4v) is 14.4. The molecule has 0 aromatic heterocycles. The van der Waals surface area contributed by atoms with Crippen LogP contribution in [-0.4, -0.2) is 74.2 Å². The maximum absolute atomic E-state index is 13.2.